The summed E-state index contributed by atoms with van der Waals surface area (Å²) < 4.78 is 10.3. The normalized spacial score (nSPS) is 11.6. The zero-order chi connectivity index (χ0) is 10.6. The maximum atomic E-state index is 5.36. The van der Waals surface area contributed by atoms with Crippen LogP contribution in [0.4, 0.5) is 0 Å². The van der Waals surface area contributed by atoms with Crippen LogP contribution in [0.2, 0.25) is 0 Å². The summed E-state index contributed by atoms with van der Waals surface area (Å²) in [4.78, 5) is 4.08. The summed E-state index contributed by atoms with van der Waals surface area (Å²) in [5.41, 5.74) is 0.819. The molecule has 0 saturated heterocycles. The highest BCUT2D eigenvalue weighted by Crippen LogP contribution is 2.32. The third-order valence-corrected chi connectivity index (χ3v) is 2.01. The number of hydrogen-bond donors (Lipinski definition) is 0. The van der Waals surface area contributed by atoms with Crippen molar-refractivity contribution in [2.75, 3.05) is 14.2 Å². The number of hydrogen-bond acceptors (Lipinski definition) is 3. The van der Waals surface area contributed by atoms with Crippen molar-refractivity contribution in [3.05, 3.63) is 17.8 Å². The van der Waals surface area contributed by atoms with E-state index in [-0.39, 0.29) is 5.92 Å². The first-order valence-corrected chi connectivity index (χ1v) is 4.27. The minimum Gasteiger partial charge on any atom is -0.496 e. The molecular weight excluding hydrogens is 178 g/mol. The van der Waals surface area contributed by atoms with Crippen molar-refractivity contribution in [1.29, 1.82) is 0 Å². The topological polar surface area (TPSA) is 31.4 Å². The summed E-state index contributed by atoms with van der Waals surface area (Å²) in [6.45, 7) is 1.90. The highest BCUT2D eigenvalue weighted by atomic mass is 16.5. The Morgan fingerprint density at radius 3 is 2.64 bits per heavy atom. The number of terminal acetylenes is 1. The lowest BCUT2D eigenvalue weighted by Gasteiger charge is -2.13. The molecule has 0 fully saturated rings. The lowest BCUT2D eigenvalue weighted by molar-refractivity contribution is 0.372. The zero-order valence-electron chi connectivity index (χ0n) is 8.57. The van der Waals surface area contributed by atoms with Crippen LogP contribution >= 0.6 is 0 Å². The van der Waals surface area contributed by atoms with Gasteiger partial charge in [0.15, 0.2) is 0 Å². The smallest absolute Gasteiger partial charge is 0.221 e. The Hall–Kier alpha value is -1.69. The third-order valence-electron chi connectivity index (χ3n) is 2.01. The molecule has 3 nitrogen and oxygen atoms in total. The summed E-state index contributed by atoms with van der Waals surface area (Å²) in [5, 5.41) is 0. The van der Waals surface area contributed by atoms with Gasteiger partial charge in [-0.2, -0.15) is 0 Å². The maximum Gasteiger partial charge on any atom is 0.221 e. The Morgan fingerprint density at radius 2 is 2.14 bits per heavy atom. The van der Waals surface area contributed by atoms with Gasteiger partial charge in [-0.25, -0.2) is 4.98 Å². The molecule has 0 spiro atoms. The molecule has 74 valence electrons. The first-order chi connectivity index (χ1) is 6.74. The Bertz CT molecular complexity index is 333. The van der Waals surface area contributed by atoms with Crippen molar-refractivity contribution in [2.24, 2.45) is 0 Å². The number of rotatable bonds is 3. The summed E-state index contributed by atoms with van der Waals surface area (Å²) in [7, 11) is 3.16. The Morgan fingerprint density at radius 1 is 1.43 bits per heavy atom. The van der Waals surface area contributed by atoms with E-state index in [1.165, 1.54) is 0 Å². The SMILES string of the molecule is C#CC(C)c1c(OC)ccnc1OC. The van der Waals surface area contributed by atoms with Crippen molar-refractivity contribution in [3.63, 3.8) is 0 Å². The summed E-state index contributed by atoms with van der Waals surface area (Å²) in [6, 6.07) is 1.77. The summed E-state index contributed by atoms with van der Waals surface area (Å²) in [6.07, 6.45) is 6.99. The lowest BCUT2D eigenvalue weighted by atomic mass is 10.0. The zero-order valence-corrected chi connectivity index (χ0v) is 8.57. The molecule has 0 bridgehead atoms. The second-order valence-corrected chi connectivity index (χ2v) is 2.82. The summed E-state index contributed by atoms with van der Waals surface area (Å²) in [5.74, 6) is 3.79. The van der Waals surface area contributed by atoms with Crippen LogP contribution in [0.25, 0.3) is 0 Å². The van der Waals surface area contributed by atoms with Crippen LogP contribution in [0.1, 0.15) is 18.4 Å². The first-order valence-electron chi connectivity index (χ1n) is 4.27. The average molecular weight is 191 g/mol. The third kappa shape index (κ3) is 1.80. The molecular formula is C11H13NO2. The van der Waals surface area contributed by atoms with Gasteiger partial charge >= 0.3 is 0 Å². The molecule has 3 heteroatoms. The van der Waals surface area contributed by atoms with E-state index in [1.807, 2.05) is 6.92 Å². The van der Waals surface area contributed by atoms with Gasteiger partial charge in [0.2, 0.25) is 5.88 Å². The van der Waals surface area contributed by atoms with E-state index >= 15 is 0 Å². The Balaban J connectivity index is 3.27. The van der Waals surface area contributed by atoms with Gasteiger partial charge in [-0.15, -0.1) is 6.42 Å². The van der Waals surface area contributed by atoms with Gasteiger partial charge in [-0.05, 0) is 13.0 Å². The lowest BCUT2D eigenvalue weighted by Crippen LogP contribution is -2.01. The van der Waals surface area contributed by atoms with Crippen molar-refractivity contribution >= 4 is 0 Å². The maximum absolute atomic E-state index is 5.36. The minimum atomic E-state index is -0.0754. The molecule has 0 saturated carbocycles. The van der Waals surface area contributed by atoms with E-state index < -0.39 is 0 Å². The molecule has 0 aliphatic rings. The molecule has 1 aromatic heterocycles. The molecule has 0 N–H and O–H groups in total. The van der Waals surface area contributed by atoms with Crippen molar-refractivity contribution in [1.82, 2.24) is 4.98 Å². The van der Waals surface area contributed by atoms with Crippen LogP contribution in [0.5, 0.6) is 11.6 Å². The van der Waals surface area contributed by atoms with Gasteiger partial charge in [-0.1, -0.05) is 5.92 Å². The standard InChI is InChI=1S/C11H13NO2/c1-5-8(2)10-9(13-3)6-7-12-11(10)14-4/h1,6-8H,2-4H3. The van der Waals surface area contributed by atoms with Crippen LogP contribution in [-0.4, -0.2) is 19.2 Å². The second kappa shape index (κ2) is 4.52. The van der Waals surface area contributed by atoms with Crippen molar-refractivity contribution in [2.45, 2.75) is 12.8 Å². The number of methoxy groups -OCH3 is 2. The fourth-order valence-corrected chi connectivity index (χ4v) is 1.26. The van der Waals surface area contributed by atoms with Gasteiger partial charge in [0.1, 0.15) is 5.75 Å². The van der Waals surface area contributed by atoms with Crippen LogP contribution in [0.15, 0.2) is 12.3 Å². The molecule has 1 aromatic rings. The van der Waals surface area contributed by atoms with Gasteiger partial charge < -0.3 is 9.47 Å². The number of aromatic nitrogens is 1. The van der Waals surface area contributed by atoms with Crippen LogP contribution in [0, 0.1) is 12.3 Å². The average Bonchev–Trinajstić information content (AvgIpc) is 2.26. The number of nitrogens with zero attached hydrogens (tertiary/aromatic N) is 1. The largest absolute Gasteiger partial charge is 0.496 e. The van der Waals surface area contributed by atoms with Gasteiger partial charge in [0, 0.05) is 6.20 Å². The quantitative estimate of drug-likeness (QED) is 0.683. The van der Waals surface area contributed by atoms with Crippen molar-refractivity contribution < 1.29 is 9.47 Å². The van der Waals surface area contributed by atoms with Gasteiger partial charge in [0.05, 0.1) is 25.7 Å². The highest BCUT2D eigenvalue weighted by Gasteiger charge is 2.15. The van der Waals surface area contributed by atoms with Crippen LogP contribution in [0.3, 0.4) is 0 Å². The number of pyridine rings is 1. The molecule has 1 unspecified atom stereocenters. The van der Waals surface area contributed by atoms with E-state index in [9.17, 15) is 0 Å². The van der Waals surface area contributed by atoms with E-state index in [4.69, 9.17) is 15.9 Å². The first kappa shape index (κ1) is 10.4. The Labute approximate surface area is 84.1 Å². The molecule has 1 rings (SSSR count). The fourth-order valence-electron chi connectivity index (χ4n) is 1.26. The molecule has 0 aliphatic carbocycles. The molecule has 0 radical (unpaired) electrons. The number of ether oxygens (including phenoxy) is 2. The molecule has 1 heterocycles. The predicted octanol–water partition coefficient (Wildman–Crippen LogP) is 1.84. The molecule has 1 atom stereocenters. The monoisotopic (exact) mass is 191 g/mol. The molecule has 0 amide bonds. The predicted molar refractivity (Wildman–Crippen MR) is 54.6 cm³/mol. The van der Waals surface area contributed by atoms with Crippen molar-refractivity contribution in [3.8, 4) is 24.0 Å². The van der Waals surface area contributed by atoms with Gasteiger partial charge in [0.25, 0.3) is 0 Å². The van der Waals surface area contributed by atoms with E-state index in [1.54, 1.807) is 26.5 Å². The fraction of sp³-hybridized carbons (Fsp3) is 0.364. The highest BCUT2D eigenvalue weighted by molar-refractivity contribution is 5.45. The van der Waals surface area contributed by atoms with E-state index in [2.05, 4.69) is 10.9 Å². The van der Waals surface area contributed by atoms with E-state index in [0.29, 0.717) is 11.6 Å². The van der Waals surface area contributed by atoms with Crippen LogP contribution in [-0.2, 0) is 0 Å². The second-order valence-electron chi connectivity index (χ2n) is 2.82. The van der Waals surface area contributed by atoms with Gasteiger partial charge in [-0.3, -0.25) is 0 Å². The minimum absolute atomic E-state index is 0.0754. The van der Waals surface area contributed by atoms with Crippen LogP contribution < -0.4 is 9.47 Å². The Kier molecular flexibility index (Phi) is 3.35. The summed E-state index contributed by atoms with van der Waals surface area (Å²) >= 11 is 0. The van der Waals surface area contributed by atoms with E-state index in [0.717, 1.165) is 5.56 Å². The molecule has 14 heavy (non-hydrogen) atoms. The molecule has 0 aliphatic heterocycles. The molecule has 0 aromatic carbocycles.